The van der Waals surface area contributed by atoms with E-state index in [-0.39, 0.29) is 16.7 Å². The normalized spacial score (nSPS) is 11.0. The van der Waals surface area contributed by atoms with Crippen LogP contribution in [0.25, 0.3) is 39.2 Å². The van der Waals surface area contributed by atoms with E-state index in [1.54, 1.807) is 22.7 Å². The topological polar surface area (TPSA) is 73.6 Å². The number of halogens is 3. The molecular weight excluding hydrogens is 521 g/mol. The number of carbonyl (C=O) groups is 2. The maximum Gasteiger partial charge on any atom is 0.224 e. The molecule has 0 aliphatic rings. The van der Waals surface area contributed by atoms with Crippen molar-refractivity contribution in [2.75, 3.05) is 7.11 Å². The Balaban J connectivity index is 1.62. The lowest BCUT2D eigenvalue weighted by Crippen LogP contribution is -1.96. The molecule has 3 aromatic heterocycles. The van der Waals surface area contributed by atoms with Gasteiger partial charge < -0.3 is 4.74 Å². The van der Waals surface area contributed by atoms with Crippen LogP contribution in [0.15, 0.2) is 66.9 Å². The van der Waals surface area contributed by atoms with Gasteiger partial charge in [-0.15, -0.1) is 0 Å². The second kappa shape index (κ2) is 9.74. The quantitative estimate of drug-likeness (QED) is 0.213. The zero-order valence-electron chi connectivity index (χ0n) is 18.7. The second-order valence-electron chi connectivity index (χ2n) is 7.80. The number of imidazole rings is 1. The van der Waals surface area contributed by atoms with Crippen LogP contribution in [-0.4, -0.2) is 34.1 Å². The summed E-state index contributed by atoms with van der Waals surface area (Å²) in [6, 6.07) is 18.3. The molecule has 0 aliphatic carbocycles. The molecule has 2 aromatic carbocycles. The SMILES string of the molecule is COc1nc(-c2cccc(-c3cccc(-c4ccn5c(Cl)c(C=O)nc5c4)c3Cl)c2Cl)ccc1C=O. The number of ether oxygens (including phenoxy) is 1. The van der Waals surface area contributed by atoms with Gasteiger partial charge in [0.2, 0.25) is 5.88 Å². The van der Waals surface area contributed by atoms with Crippen molar-refractivity contribution in [3.63, 3.8) is 0 Å². The average molecular weight is 537 g/mol. The fourth-order valence-corrected chi connectivity index (χ4v) is 4.92. The Morgan fingerprint density at radius 3 is 2.14 bits per heavy atom. The van der Waals surface area contributed by atoms with Crippen LogP contribution in [0, 0.1) is 0 Å². The number of aromatic nitrogens is 3. The largest absolute Gasteiger partial charge is 0.480 e. The van der Waals surface area contributed by atoms with Crippen molar-refractivity contribution >= 4 is 53.0 Å². The van der Waals surface area contributed by atoms with Crippen LogP contribution in [0.1, 0.15) is 20.8 Å². The van der Waals surface area contributed by atoms with Gasteiger partial charge in [0, 0.05) is 28.5 Å². The summed E-state index contributed by atoms with van der Waals surface area (Å²) >= 11 is 20.0. The molecule has 0 atom stereocenters. The number of fused-ring (bicyclic) bond motifs is 1. The number of aldehydes is 2. The highest BCUT2D eigenvalue weighted by molar-refractivity contribution is 6.39. The third-order valence-corrected chi connectivity index (χ3v) is 6.98. The van der Waals surface area contributed by atoms with Crippen molar-refractivity contribution in [2.24, 2.45) is 0 Å². The Bertz CT molecular complexity index is 1660. The van der Waals surface area contributed by atoms with Gasteiger partial charge in [0.25, 0.3) is 0 Å². The lowest BCUT2D eigenvalue weighted by molar-refractivity contribution is 0.111. The van der Waals surface area contributed by atoms with Crippen LogP contribution in [0.3, 0.4) is 0 Å². The molecule has 178 valence electrons. The number of pyridine rings is 2. The third-order valence-electron chi connectivity index (χ3n) is 5.79. The molecule has 5 aromatic rings. The smallest absolute Gasteiger partial charge is 0.224 e. The third kappa shape index (κ3) is 4.03. The number of methoxy groups -OCH3 is 1. The lowest BCUT2D eigenvalue weighted by atomic mass is 9.97. The number of benzene rings is 2. The molecule has 5 rings (SSSR count). The summed E-state index contributed by atoms with van der Waals surface area (Å²) in [5, 5.41) is 1.20. The first-order chi connectivity index (χ1) is 17.5. The predicted octanol–water partition coefficient (Wildman–Crippen LogP) is 7.32. The zero-order chi connectivity index (χ0) is 25.4. The Morgan fingerprint density at radius 1 is 0.806 bits per heavy atom. The molecule has 9 heteroatoms. The maximum absolute atomic E-state index is 11.2. The highest BCUT2D eigenvalue weighted by Gasteiger charge is 2.18. The second-order valence-corrected chi connectivity index (χ2v) is 8.91. The number of hydrogen-bond donors (Lipinski definition) is 0. The molecule has 0 spiro atoms. The standard InChI is InChI=1S/C27H16Cl3N3O3/c1-36-27-16(13-34)8-9-21(32-27)20-7-3-6-19(25(20)29)18-5-2-4-17(24(18)28)15-10-11-33-23(12-15)31-22(14-35)26(33)30/h2-14H,1H3. The number of nitrogens with zero attached hydrogens (tertiary/aromatic N) is 3. The van der Waals surface area contributed by atoms with E-state index in [2.05, 4.69) is 9.97 Å². The highest BCUT2D eigenvalue weighted by Crippen LogP contribution is 2.42. The van der Waals surface area contributed by atoms with Crippen LogP contribution in [0.5, 0.6) is 5.88 Å². The average Bonchev–Trinajstić information content (AvgIpc) is 3.23. The predicted molar refractivity (Wildman–Crippen MR) is 142 cm³/mol. The van der Waals surface area contributed by atoms with E-state index in [9.17, 15) is 9.59 Å². The van der Waals surface area contributed by atoms with Gasteiger partial charge in [0.15, 0.2) is 12.6 Å². The molecule has 36 heavy (non-hydrogen) atoms. The summed E-state index contributed by atoms with van der Waals surface area (Å²) in [5.41, 5.74) is 5.28. The van der Waals surface area contributed by atoms with E-state index in [1.807, 2.05) is 48.5 Å². The monoisotopic (exact) mass is 535 g/mol. The first-order valence-electron chi connectivity index (χ1n) is 10.7. The number of hydrogen-bond acceptors (Lipinski definition) is 5. The first-order valence-corrected chi connectivity index (χ1v) is 11.8. The molecule has 0 saturated heterocycles. The molecule has 0 saturated carbocycles. The molecule has 0 fully saturated rings. The molecule has 6 nitrogen and oxygen atoms in total. The van der Waals surface area contributed by atoms with Crippen LogP contribution < -0.4 is 4.74 Å². The summed E-state index contributed by atoms with van der Waals surface area (Å²) in [6.45, 7) is 0. The van der Waals surface area contributed by atoms with Crippen molar-refractivity contribution in [3.05, 3.63) is 93.3 Å². The van der Waals surface area contributed by atoms with Gasteiger partial charge in [0.1, 0.15) is 16.5 Å². The number of carbonyl (C=O) groups excluding carboxylic acids is 2. The van der Waals surface area contributed by atoms with E-state index in [1.165, 1.54) is 7.11 Å². The Morgan fingerprint density at radius 2 is 1.47 bits per heavy atom. The fraction of sp³-hybridized carbons (Fsp3) is 0.0370. The van der Waals surface area contributed by atoms with E-state index < -0.39 is 0 Å². The highest BCUT2D eigenvalue weighted by atomic mass is 35.5. The minimum Gasteiger partial charge on any atom is -0.480 e. The lowest BCUT2D eigenvalue weighted by Gasteiger charge is -2.14. The fourth-order valence-electron chi connectivity index (χ4n) is 4.03. The van der Waals surface area contributed by atoms with Crippen molar-refractivity contribution < 1.29 is 14.3 Å². The molecule has 0 radical (unpaired) electrons. The van der Waals surface area contributed by atoms with E-state index in [0.29, 0.717) is 45.1 Å². The molecule has 0 aliphatic heterocycles. The zero-order valence-corrected chi connectivity index (χ0v) is 21.0. The van der Waals surface area contributed by atoms with E-state index in [4.69, 9.17) is 39.5 Å². The Kier molecular flexibility index (Phi) is 6.49. The van der Waals surface area contributed by atoms with Gasteiger partial charge >= 0.3 is 0 Å². The number of rotatable bonds is 6. The Labute approximate surface area is 221 Å². The van der Waals surface area contributed by atoms with Crippen LogP contribution in [-0.2, 0) is 0 Å². The maximum atomic E-state index is 11.2. The van der Waals surface area contributed by atoms with Crippen LogP contribution in [0.2, 0.25) is 15.2 Å². The summed E-state index contributed by atoms with van der Waals surface area (Å²) in [5.74, 6) is 0.219. The molecule has 0 bridgehead atoms. The van der Waals surface area contributed by atoms with Crippen LogP contribution in [0.4, 0.5) is 0 Å². The summed E-state index contributed by atoms with van der Waals surface area (Å²) in [6.07, 6.45) is 3.05. The van der Waals surface area contributed by atoms with Crippen molar-refractivity contribution in [3.8, 4) is 39.4 Å². The first kappa shape index (κ1) is 24.0. The Hall–Kier alpha value is -3.71. The molecule has 0 unspecified atom stereocenters. The van der Waals surface area contributed by atoms with Gasteiger partial charge in [-0.05, 0) is 29.8 Å². The molecular formula is C27H16Cl3N3O3. The van der Waals surface area contributed by atoms with Crippen molar-refractivity contribution in [1.82, 2.24) is 14.4 Å². The minimum absolute atomic E-state index is 0.170. The van der Waals surface area contributed by atoms with Gasteiger partial charge in [-0.1, -0.05) is 71.2 Å². The van der Waals surface area contributed by atoms with Crippen molar-refractivity contribution in [2.45, 2.75) is 0 Å². The minimum atomic E-state index is 0.170. The molecule has 0 amide bonds. The van der Waals surface area contributed by atoms with Gasteiger partial charge in [-0.2, -0.15) is 0 Å². The van der Waals surface area contributed by atoms with E-state index in [0.717, 1.165) is 22.3 Å². The summed E-state index contributed by atoms with van der Waals surface area (Å²) in [4.78, 5) is 31.2. The van der Waals surface area contributed by atoms with Gasteiger partial charge in [0.05, 0.1) is 28.4 Å². The van der Waals surface area contributed by atoms with Crippen LogP contribution >= 0.6 is 34.8 Å². The van der Waals surface area contributed by atoms with Gasteiger partial charge in [-0.3, -0.25) is 14.0 Å². The summed E-state index contributed by atoms with van der Waals surface area (Å²) < 4.78 is 6.87. The van der Waals surface area contributed by atoms with E-state index >= 15 is 0 Å². The molecule has 0 N–H and O–H groups in total. The van der Waals surface area contributed by atoms with Crippen molar-refractivity contribution in [1.29, 1.82) is 0 Å². The molecule has 3 heterocycles. The van der Waals surface area contributed by atoms with Gasteiger partial charge in [-0.25, -0.2) is 9.97 Å². The summed E-state index contributed by atoms with van der Waals surface area (Å²) in [7, 11) is 1.46.